The molecule has 1 aliphatic carbocycles. The summed E-state index contributed by atoms with van der Waals surface area (Å²) in [5.74, 6) is 1.77. The number of phenolic OH excluding ortho intramolecular Hbond substituents is 1. The molecule has 0 spiro atoms. The third-order valence-electron chi connectivity index (χ3n) is 7.45. The van der Waals surface area contributed by atoms with Gasteiger partial charge in [-0.05, 0) is 77.9 Å². The summed E-state index contributed by atoms with van der Waals surface area (Å²) in [6.45, 7) is 2.11. The van der Waals surface area contributed by atoms with Crippen molar-refractivity contribution in [2.45, 2.75) is 25.2 Å². The number of alkyl halides is 1. The molecule has 2 fully saturated rings. The molecule has 200 valence electrons. The van der Waals surface area contributed by atoms with E-state index in [-0.39, 0.29) is 12.4 Å². The normalized spacial score (nSPS) is 20.1. The zero-order valence-corrected chi connectivity index (χ0v) is 22.0. The highest BCUT2D eigenvalue weighted by Crippen LogP contribution is 2.55. The minimum absolute atomic E-state index is 0.0607. The van der Waals surface area contributed by atoms with Crippen molar-refractivity contribution >= 4 is 22.7 Å². The van der Waals surface area contributed by atoms with Crippen LogP contribution >= 0.6 is 11.6 Å². The van der Waals surface area contributed by atoms with E-state index in [9.17, 15) is 14.8 Å². The maximum absolute atomic E-state index is 14.6. The largest absolute Gasteiger partial charge is 0.508 e. The van der Waals surface area contributed by atoms with Crippen molar-refractivity contribution in [1.29, 1.82) is 5.26 Å². The van der Waals surface area contributed by atoms with Crippen LogP contribution in [0.4, 0.5) is 4.39 Å². The molecule has 2 heterocycles. The van der Waals surface area contributed by atoms with E-state index in [2.05, 4.69) is 6.07 Å². The van der Waals surface area contributed by atoms with Gasteiger partial charge in [-0.15, -0.1) is 0 Å². The first-order valence-electron chi connectivity index (χ1n) is 13.1. The molecule has 3 aromatic rings. The zero-order valence-electron chi connectivity index (χ0n) is 21.3. The minimum atomic E-state index is -1.20. The number of hydrogen-bond acceptors (Lipinski definition) is 6. The monoisotopic (exact) mass is 546 g/mol. The highest BCUT2D eigenvalue weighted by Gasteiger charge is 2.38. The summed E-state index contributed by atoms with van der Waals surface area (Å²) in [6, 6.07) is 20.3. The second-order valence-electron chi connectivity index (χ2n) is 10.0. The number of ether oxygens (including phenoxy) is 3. The first-order chi connectivity index (χ1) is 19.0. The quantitative estimate of drug-likeness (QED) is 0.347. The first-order valence-corrected chi connectivity index (χ1v) is 13.5. The van der Waals surface area contributed by atoms with E-state index in [1.807, 2.05) is 30.3 Å². The predicted octanol–water partition coefficient (Wildman–Crippen LogP) is 6.38. The van der Waals surface area contributed by atoms with Gasteiger partial charge in [0.15, 0.2) is 6.30 Å². The number of benzene rings is 3. The second-order valence-corrected chi connectivity index (χ2v) is 10.5. The van der Waals surface area contributed by atoms with Gasteiger partial charge in [0.25, 0.3) is 0 Å². The number of aromatic hydroxyl groups is 1. The van der Waals surface area contributed by atoms with Crippen LogP contribution < -0.4 is 9.47 Å². The van der Waals surface area contributed by atoms with E-state index >= 15 is 0 Å². The molecule has 1 saturated heterocycles. The molecule has 3 aliphatic rings. The summed E-state index contributed by atoms with van der Waals surface area (Å²) in [6.07, 6.45) is 0.430. The van der Waals surface area contributed by atoms with Crippen molar-refractivity contribution in [2.24, 2.45) is 5.92 Å². The smallest absolute Gasteiger partial charge is 0.188 e. The van der Waals surface area contributed by atoms with Crippen molar-refractivity contribution in [2.75, 3.05) is 32.9 Å². The highest BCUT2D eigenvalue weighted by molar-refractivity contribution is 6.31. The Bertz CT molecular complexity index is 1440. The lowest BCUT2D eigenvalue weighted by atomic mass is 9.83. The Labute approximate surface area is 231 Å². The lowest BCUT2D eigenvalue weighted by molar-refractivity contribution is -0.0358. The zero-order chi connectivity index (χ0) is 26.9. The van der Waals surface area contributed by atoms with Crippen LogP contribution in [0.1, 0.15) is 41.2 Å². The number of rotatable bonds is 7. The molecule has 1 unspecified atom stereocenters. The molecule has 0 aromatic heterocycles. The van der Waals surface area contributed by atoms with Crippen molar-refractivity contribution < 1.29 is 23.7 Å². The van der Waals surface area contributed by atoms with Crippen molar-refractivity contribution in [1.82, 2.24) is 4.90 Å². The third kappa shape index (κ3) is 5.33. The molecule has 3 aromatic carbocycles. The van der Waals surface area contributed by atoms with Crippen LogP contribution in [0.2, 0.25) is 5.02 Å². The summed E-state index contributed by atoms with van der Waals surface area (Å²) in [4.78, 5) is 1.72. The molecule has 0 bridgehead atoms. The van der Waals surface area contributed by atoms with Gasteiger partial charge in [-0.2, -0.15) is 5.26 Å². The SMILES string of the molecule is N#Cc1cc(C2=C(C3CC3)c3cc(O)ccc3OC2c2ccc(OC[C@H](F)N3CCOCC3)cc2)ccc1Cl. The molecule has 39 heavy (non-hydrogen) atoms. The number of fused-ring (bicyclic) bond motifs is 1. The topological polar surface area (TPSA) is 75.0 Å². The average Bonchev–Trinajstić information content (AvgIpc) is 3.81. The van der Waals surface area contributed by atoms with E-state index in [1.54, 1.807) is 35.2 Å². The van der Waals surface area contributed by atoms with Crippen LogP contribution in [-0.2, 0) is 4.74 Å². The van der Waals surface area contributed by atoms with Crippen LogP contribution in [-0.4, -0.2) is 49.2 Å². The summed E-state index contributed by atoms with van der Waals surface area (Å²) >= 11 is 6.27. The Morgan fingerprint density at radius 1 is 1.05 bits per heavy atom. The fraction of sp³-hybridized carbons (Fsp3) is 0.323. The van der Waals surface area contributed by atoms with Gasteiger partial charge in [0.2, 0.25) is 0 Å². The molecule has 6 rings (SSSR count). The average molecular weight is 547 g/mol. The Hall–Kier alpha value is -3.57. The maximum atomic E-state index is 14.6. The standard InChI is InChI=1S/C31H28ClFN2O4/c32-26-9-5-21(15-22(26)17-34)30-29(19-1-2-19)25-16-23(36)6-10-27(25)39-31(30)20-3-7-24(8-4-20)38-18-28(33)35-11-13-37-14-12-35/h3-10,15-16,19,28,31,36H,1-2,11-14,18H2/t28-,31?/m1/s1. The van der Waals surface area contributed by atoms with Gasteiger partial charge in [-0.25, -0.2) is 4.39 Å². The van der Waals surface area contributed by atoms with Crippen molar-refractivity contribution in [3.8, 4) is 23.3 Å². The van der Waals surface area contributed by atoms with Gasteiger partial charge in [-0.1, -0.05) is 29.8 Å². The number of morpholine rings is 1. The van der Waals surface area contributed by atoms with E-state index in [1.165, 1.54) is 0 Å². The van der Waals surface area contributed by atoms with Gasteiger partial charge >= 0.3 is 0 Å². The Balaban J connectivity index is 1.34. The highest BCUT2D eigenvalue weighted by atomic mass is 35.5. The van der Waals surface area contributed by atoms with Crippen LogP contribution in [0.3, 0.4) is 0 Å². The lowest BCUT2D eigenvalue weighted by Gasteiger charge is -2.32. The van der Waals surface area contributed by atoms with Crippen molar-refractivity contribution in [3.05, 3.63) is 87.9 Å². The molecule has 6 nitrogen and oxygen atoms in total. The molecular weight excluding hydrogens is 519 g/mol. The number of phenols is 1. The van der Waals surface area contributed by atoms with E-state index in [0.717, 1.165) is 40.7 Å². The van der Waals surface area contributed by atoms with Gasteiger partial charge in [-0.3, -0.25) is 4.90 Å². The molecular formula is C31H28ClFN2O4. The molecule has 1 saturated carbocycles. The second kappa shape index (κ2) is 10.9. The van der Waals surface area contributed by atoms with Gasteiger partial charge in [0.1, 0.15) is 36.0 Å². The van der Waals surface area contributed by atoms with E-state index < -0.39 is 12.4 Å². The Morgan fingerprint density at radius 3 is 2.54 bits per heavy atom. The molecule has 0 amide bonds. The Kier molecular flexibility index (Phi) is 7.18. The maximum Gasteiger partial charge on any atom is 0.188 e. The van der Waals surface area contributed by atoms with Crippen LogP contribution in [0.25, 0.3) is 11.1 Å². The fourth-order valence-electron chi connectivity index (χ4n) is 5.30. The lowest BCUT2D eigenvalue weighted by Crippen LogP contribution is -2.43. The van der Waals surface area contributed by atoms with Gasteiger partial charge < -0.3 is 19.3 Å². The number of nitrogens with zero attached hydrogens (tertiary/aromatic N) is 2. The molecule has 2 atom stereocenters. The number of allylic oxidation sites excluding steroid dienone is 1. The number of halogens is 2. The van der Waals surface area contributed by atoms with Gasteiger partial charge in [0.05, 0.1) is 23.8 Å². The molecule has 1 N–H and O–H groups in total. The molecule has 0 radical (unpaired) electrons. The van der Waals surface area contributed by atoms with Crippen molar-refractivity contribution in [3.63, 3.8) is 0 Å². The summed E-state index contributed by atoms with van der Waals surface area (Å²) in [5, 5.41) is 20.3. The molecule has 2 aliphatic heterocycles. The molecule has 8 heteroatoms. The predicted molar refractivity (Wildman–Crippen MR) is 146 cm³/mol. The van der Waals surface area contributed by atoms with E-state index in [4.69, 9.17) is 25.8 Å². The number of hydrogen-bond donors (Lipinski definition) is 1. The summed E-state index contributed by atoms with van der Waals surface area (Å²) < 4.78 is 32.3. The third-order valence-corrected chi connectivity index (χ3v) is 7.78. The summed E-state index contributed by atoms with van der Waals surface area (Å²) in [5.41, 5.74) is 5.08. The summed E-state index contributed by atoms with van der Waals surface area (Å²) in [7, 11) is 0. The minimum Gasteiger partial charge on any atom is -0.508 e. The van der Waals surface area contributed by atoms with Gasteiger partial charge in [0, 0.05) is 24.2 Å². The van der Waals surface area contributed by atoms with Crippen LogP contribution in [0, 0.1) is 17.2 Å². The number of nitriles is 1. The van der Waals surface area contributed by atoms with Crippen LogP contribution in [0.15, 0.2) is 60.7 Å². The first kappa shape index (κ1) is 25.7. The fourth-order valence-corrected chi connectivity index (χ4v) is 5.46. The van der Waals surface area contributed by atoms with E-state index in [0.29, 0.717) is 54.3 Å². The Morgan fingerprint density at radius 2 is 1.82 bits per heavy atom. The van der Waals surface area contributed by atoms with Crippen LogP contribution in [0.5, 0.6) is 17.2 Å².